The molecule has 1 N–H and O–H groups in total. The SMILES string of the molecule is O=C(Nc1ccc(OCCN2CCCC2)cc1)C1(c2ccccc2)CCOCC1. The van der Waals surface area contributed by atoms with E-state index in [1.54, 1.807) is 0 Å². The van der Waals surface area contributed by atoms with Crippen LogP contribution in [0.1, 0.15) is 31.2 Å². The second kappa shape index (κ2) is 9.42. The van der Waals surface area contributed by atoms with Crippen LogP contribution >= 0.6 is 0 Å². The summed E-state index contributed by atoms with van der Waals surface area (Å²) >= 11 is 0. The first-order valence-electron chi connectivity index (χ1n) is 10.7. The summed E-state index contributed by atoms with van der Waals surface area (Å²) in [5.41, 5.74) is 1.32. The standard InChI is InChI=1S/C24H30N2O3/c27-23(24(12-17-28-18-13-24)20-6-2-1-3-7-20)25-21-8-10-22(11-9-21)29-19-16-26-14-4-5-15-26/h1-3,6-11H,4-5,12-19H2,(H,25,27). The van der Waals surface area contributed by atoms with Crippen molar-refractivity contribution in [2.24, 2.45) is 0 Å². The normalized spacial score (nSPS) is 19.0. The van der Waals surface area contributed by atoms with Crippen LogP contribution in [-0.2, 0) is 14.9 Å². The lowest BCUT2D eigenvalue weighted by Gasteiger charge is -2.36. The summed E-state index contributed by atoms with van der Waals surface area (Å²) in [6, 6.07) is 17.8. The third-order valence-electron chi connectivity index (χ3n) is 6.09. The zero-order valence-corrected chi connectivity index (χ0v) is 16.9. The highest BCUT2D eigenvalue weighted by molar-refractivity contribution is 5.99. The highest BCUT2D eigenvalue weighted by Gasteiger charge is 2.41. The molecule has 154 valence electrons. The maximum atomic E-state index is 13.3. The van der Waals surface area contributed by atoms with Gasteiger partial charge in [-0.3, -0.25) is 9.69 Å². The minimum atomic E-state index is -0.537. The Bertz CT molecular complexity index is 780. The van der Waals surface area contributed by atoms with Crippen molar-refractivity contribution in [1.29, 1.82) is 0 Å². The zero-order valence-electron chi connectivity index (χ0n) is 16.9. The van der Waals surface area contributed by atoms with E-state index in [0.717, 1.165) is 23.5 Å². The smallest absolute Gasteiger partial charge is 0.235 e. The van der Waals surface area contributed by atoms with Crippen LogP contribution in [0.25, 0.3) is 0 Å². The second-order valence-corrected chi connectivity index (χ2v) is 7.94. The number of ether oxygens (including phenoxy) is 2. The van der Waals surface area contributed by atoms with Gasteiger partial charge in [0.25, 0.3) is 0 Å². The van der Waals surface area contributed by atoms with Crippen molar-refractivity contribution in [2.45, 2.75) is 31.1 Å². The highest BCUT2D eigenvalue weighted by atomic mass is 16.5. The van der Waals surface area contributed by atoms with Crippen LogP contribution in [0, 0.1) is 0 Å². The van der Waals surface area contributed by atoms with Crippen LogP contribution in [0.15, 0.2) is 54.6 Å². The average molecular weight is 395 g/mol. The summed E-state index contributed by atoms with van der Waals surface area (Å²) in [5.74, 6) is 0.876. The molecule has 2 aromatic carbocycles. The molecule has 2 aliphatic heterocycles. The quantitative estimate of drug-likeness (QED) is 0.775. The van der Waals surface area contributed by atoms with Crippen molar-refractivity contribution < 1.29 is 14.3 Å². The summed E-state index contributed by atoms with van der Waals surface area (Å²) in [6.07, 6.45) is 3.98. The predicted molar refractivity (Wildman–Crippen MR) is 114 cm³/mol. The topological polar surface area (TPSA) is 50.8 Å². The molecule has 0 aromatic heterocycles. The van der Waals surface area contributed by atoms with Gasteiger partial charge < -0.3 is 14.8 Å². The number of amides is 1. The van der Waals surface area contributed by atoms with Gasteiger partial charge in [-0.1, -0.05) is 30.3 Å². The molecule has 0 bridgehead atoms. The Kier molecular flexibility index (Phi) is 6.47. The van der Waals surface area contributed by atoms with Gasteiger partial charge in [0.2, 0.25) is 5.91 Å². The van der Waals surface area contributed by atoms with Crippen LogP contribution in [0.3, 0.4) is 0 Å². The van der Waals surface area contributed by atoms with E-state index in [9.17, 15) is 4.79 Å². The van der Waals surface area contributed by atoms with Crippen LogP contribution in [-0.4, -0.2) is 50.3 Å². The predicted octanol–water partition coefficient (Wildman–Crippen LogP) is 3.85. The first-order chi connectivity index (χ1) is 14.3. The summed E-state index contributed by atoms with van der Waals surface area (Å²) < 4.78 is 11.4. The molecule has 0 unspecified atom stereocenters. The van der Waals surface area contributed by atoms with Gasteiger partial charge in [0.15, 0.2) is 0 Å². The van der Waals surface area contributed by atoms with Crippen molar-refractivity contribution in [2.75, 3.05) is 44.8 Å². The first-order valence-corrected chi connectivity index (χ1v) is 10.7. The summed E-state index contributed by atoms with van der Waals surface area (Å²) in [4.78, 5) is 15.7. The lowest BCUT2D eigenvalue weighted by Crippen LogP contribution is -2.44. The number of hydrogen-bond donors (Lipinski definition) is 1. The number of carbonyl (C=O) groups is 1. The monoisotopic (exact) mass is 394 g/mol. The molecule has 2 aliphatic rings. The molecule has 2 fully saturated rings. The molecule has 2 heterocycles. The number of nitrogens with one attached hydrogen (secondary N) is 1. The van der Waals surface area contributed by atoms with E-state index in [4.69, 9.17) is 9.47 Å². The van der Waals surface area contributed by atoms with E-state index >= 15 is 0 Å². The Balaban J connectivity index is 1.37. The van der Waals surface area contributed by atoms with E-state index in [1.165, 1.54) is 25.9 Å². The first kappa shape index (κ1) is 19.9. The van der Waals surface area contributed by atoms with E-state index < -0.39 is 5.41 Å². The van der Waals surface area contributed by atoms with Gasteiger partial charge in [0, 0.05) is 25.4 Å². The van der Waals surface area contributed by atoms with Crippen molar-refractivity contribution in [3.8, 4) is 5.75 Å². The molecule has 5 nitrogen and oxygen atoms in total. The average Bonchev–Trinajstić information content (AvgIpc) is 3.29. The lowest BCUT2D eigenvalue weighted by atomic mass is 9.73. The van der Waals surface area contributed by atoms with Gasteiger partial charge >= 0.3 is 0 Å². The number of nitrogens with zero attached hydrogens (tertiary/aromatic N) is 1. The Labute approximate surface area is 173 Å². The Morgan fingerprint density at radius 2 is 1.69 bits per heavy atom. The number of carbonyl (C=O) groups excluding carboxylic acids is 1. The summed E-state index contributed by atoms with van der Waals surface area (Å²) in [5, 5.41) is 3.12. The fourth-order valence-corrected chi connectivity index (χ4v) is 4.31. The maximum absolute atomic E-state index is 13.3. The fourth-order valence-electron chi connectivity index (χ4n) is 4.31. The van der Waals surface area contributed by atoms with E-state index in [-0.39, 0.29) is 5.91 Å². The maximum Gasteiger partial charge on any atom is 0.235 e. The molecule has 0 atom stereocenters. The van der Waals surface area contributed by atoms with Gasteiger partial charge in [0.05, 0.1) is 5.41 Å². The van der Waals surface area contributed by atoms with Crippen molar-refractivity contribution in [3.05, 3.63) is 60.2 Å². The number of anilines is 1. The number of likely N-dealkylation sites (tertiary alicyclic amines) is 1. The Hall–Kier alpha value is -2.37. The van der Waals surface area contributed by atoms with Gasteiger partial charge in [-0.2, -0.15) is 0 Å². The molecule has 29 heavy (non-hydrogen) atoms. The lowest BCUT2D eigenvalue weighted by molar-refractivity contribution is -0.125. The third kappa shape index (κ3) is 4.80. The summed E-state index contributed by atoms with van der Waals surface area (Å²) in [6.45, 7) is 5.24. The minimum absolute atomic E-state index is 0.0368. The number of hydrogen-bond acceptors (Lipinski definition) is 4. The van der Waals surface area contributed by atoms with E-state index in [1.807, 2.05) is 54.6 Å². The van der Waals surface area contributed by atoms with Crippen LogP contribution in [0.4, 0.5) is 5.69 Å². The van der Waals surface area contributed by atoms with Gasteiger partial charge in [-0.25, -0.2) is 0 Å². The Morgan fingerprint density at radius 1 is 1.00 bits per heavy atom. The van der Waals surface area contributed by atoms with Crippen LogP contribution < -0.4 is 10.1 Å². The molecule has 0 spiro atoms. The number of rotatable bonds is 7. The van der Waals surface area contributed by atoms with Crippen molar-refractivity contribution >= 4 is 11.6 Å². The van der Waals surface area contributed by atoms with E-state index in [2.05, 4.69) is 10.2 Å². The molecule has 2 saturated heterocycles. The molecule has 1 amide bonds. The van der Waals surface area contributed by atoms with Crippen LogP contribution in [0.5, 0.6) is 5.75 Å². The molecule has 4 rings (SSSR count). The van der Waals surface area contributed by atoms with Gasteiger partial charge in [-0.05, 0) is 68.6 Å². The molecule has 0 radical (unpaired) electrons. The zero-order chi connectivity index (χ0) is 19.9. The van der Waals surface area contributed by atoms with E-state index in [0.29, 0.717) is 32.7 Å². The Morgan fingerprint density at radius 3 is 2.38 bits per heavy atom. The highest BCUT2D eigenvalue weighted by Crippen LogP contribution is 2.36. The van der Waals surface area contributed by atoms with Crippen molar-refractivity contribution in [1.82, 2.24) is 4.90 Å². The third-order valence-corrected chi connectivity index (χ3v) is 6.09. The molecule has 0 saturated carbocycles. The molecule has 5 heteroatoms. The van der Waals surface area contributed by atoms with Gasteiger partial charge in [0.1, 0.15) is 12.4 Å². The van der Waals surface area contributed by atoms with Crippen molar-refractivity contribution in [3.63, 3.8) is 0 Å². The largest absolute Gasteiger partial charge is 0.492 e. The fraction of sp³-hybridized carbons (Fsp3) is 0.458. The van der Waals surface area contributed by atoms with Crippen LogP contribution in [0.2, 0.25) is 0 Å². The second-order valence-electron chi connectivity index (χ2n) is 7.94. The van der Waals surface area contributed by atoms with Gasteiger partial charge in [-0.15, -0.1) is 0 Å². The molecule has 0 aliphatic carbocycles. The minimum Gasteiger partial charge on any atom is -0.492 e. The summed E-state index contributed by atoms with van der Waals surface area (Å²) in [7, 11) is 0. The number of benzene rings is 2. The molecule has 2 aromatic rings. The molecular formula is C24H30N2O3. The molecular weight excluding hydrogens is 364 g/mol.